The van der Waals surface area contributed by atoms with Gasteiger partial charge in [0.05, 0.1) is 5.60 Å². The highest BCUT2D eigenvalue weighted by Gasteiger charge is 2.31. The zero-order valence-electron chi connectivity index (χ0n) is 12.8. The number of hydrogen-bond donors (Lipinski definition) is 1. The second-order valence-electron chi connectivity index (χ2n) is 6.26. The molecule has 1 N–H and O–H groups in total. The van der Waals surface area contributed by atoms with E-state index in [1.54, 1.807) is 0 Å². The van der Waals surface area contributed by atoms with Crippen LogP contribution in [0.1, 0.15) is 72.1 Å². The SMILES string of the molecule is CCNCC1(OCCCC(C)C)CCCCCC1. The van der Waals surface area contributed by atoms with Crippen LogP contribution in [0, 0.1) is 5.92 Å². The van der Waals surface area contributed by atoms with Gasteiger partial charge < -0.3 is 10.1 Å². The largest absolute Gasteiger partial charge is 0.374 e. The molecule has 0 unspecified atom stereocenters. The summed E-state index contributed by atoms with van der Waals surface area (Å²) in [5.41, 5.74) is 0.142. The van der Waals surface area contributed by atoms with Gasteiger partial charge in [-0.15, -0.1) is 0 Å². The van der Waals surface area contributed by atoms with E-state index >= 15 is 0 Å². The van der Waals surface area contributed by atoms with Gasteiger partial charge in [0.15, 0.2) is 0 Å². The van der Waals surface area contributed by atoms with Crippen molar-refractivity contribution in [2.75, 3.05) is 19.7 Å². The Bertz CT molecular complexity index is 195. The number of ether oxygens (including phenoxy) is 1. The van der Waals surface area contributed by atoms with Crippen LogP contribution in [0.2, 0.25) is 0 Å². The monoisotopic (exact) mass is 255 g/mol. The molecule has 1 saturated carbocycles. The Hall–Kier alpha value is -0.0800. The van der Waals surface area contributed by atoms with Crippen LogP contribution in [-0.4, -0.2) is 25.3 Å². The minimum absolute atomic E-state index is 0.142. The van der Waals surface area contributed by atoms with E-state index in [0.717, 1.165) is 25.6 Å². The summed E-state index contributed by atoms with van der Waals surface area (Å²) in [4.78, 5) is 0. The molecule has 1 rings (SSSR count). The molecule has 0 heterocycles. The molecule has 2 heteroatoms. The fraction of sp³-hybridized carbons (Fsp3) is 1.00. The average Bonchev–Trinajstić information content (AvgIpc) is 2.58. The topological polar surface area (TPSA) is 21.3 Å². The molecule has 1 fully saturated rings. The fourth-order valence-corrected chi connectivity index (χ4v) is 2.88. The van der Waals surface area contributed by atoms with Crippen LogP contribution < -0.4 is 5.32 Å². The highest BCUT2D eigenvalue weighted by molar-refractivity contribution is 4.85. The van der Waals surface area contributed by atoms with Crippen LogP contribution in [0.15, 0.2) is 0 Å². The van der Waals surface area contributed by atoms with Gasteiger partial charge in [-0.25, -0.2) is 0 Å². The standard InChI is InChI=1S/C16H33NO/c1-4-17-14-16(11-7-5-6-8-12-16)18-13-9-10-15(2)3/h15,17H,4-14H2,1-3H3. The van der Waals surface area contributed by atoms with E-state index in [-0.39, 0.29) is 5.60 Å². The van der Waals surface area contributed by atoms with Gasteiger partial charge in [0.25, 0.3) is 0 Å². The minimum Gasteiger partial charge on any atom is -0.374 e. The predicted octanol–water partition coefficient (Wildman–Crippen LogP) is 4.14. The lowest BCUT2D eigenvalue weighted by Gasteiger charge is -2.33. The second kappa shape index (κ2) is 8.92. The summed E-state index contributed by atoms with van der Waals surface area (Å²) < 4.78 is 6.34. The van der Waals surface area contributed by atoms with Gasteiger partial charge in [0.1, 0.15) is 0 Å². The summed E-state index contributed by atoms with van der Waals surface area (Å²) in [6, 6.07) is 0. The van der Waals surface area contributed by atoms with Crippen molar-refractivity contribution in [2.45, 2.75) is 77.7 Å². The Balaban J connectivity index is 2.37. The second-order valence-corrected chi connectivity index (χ2v) is 6.26. The first-order chi connectivity index (χ1) is 8.68. The zero-order valence-corrected chi connectivity index (χ0v) is 12.8. The zero-order chi connectivity index (χ0) is 13.3. The molecule has 1 aliphatic rings. The number of hydrogen-bond acceptors (Lipinski definition) is 2. The Morgan fingerprint density at radius 1 is 1.11 bits per heavy atom. The van der Waals surface area contributed by atoms with E-state index in [4.69, 9.17) is 4.74 Å². The first-order valence-electron chi connectivity index (χ1n) is 8.03. The molecule has 0 amide bonds. The van der Waals surface area contributed by atoms with Crippen LogP contribution >= 0.6 is 0 Å². The molecular weight excluding hydrogens is 222 g/mol. The molecule has 0 radical (unpaired) electrons. The lowest BCUT2D eigenvalue weighted by atomic mass is 9.94. The highest BCUT2D eigenvalue weighted by Crippen LogP contribution is 2.30. The summed E-state index contributed by atoms with van der Waals surface area (Å²) in [6.45, 7) is 9.81. The maximum atomic E-state index is 6.34. The average molecular weight is 255 g/mol. The van der Waals surface area contributed by atoms with Crippen LogP contribution in [0.3, 0.4) is 0 Å². The molecule has 108 valence electrons. The molecular formula is C16H33NO. The van der Waals surface area contributed by atoms with E-state index in [9.17, 15) is 0 Å². The highest BCUT2D eigenvalue weighted by atomic mass is 16.5. The molecule has 0 atom stereocenters. The molecule has 0 bridgehead atoms. The third-order valence-electron chi connectivity index (χ3n) is 4.05. The molecule has 0 aromatic heterocycles. The Kier molecular flexibility index (Phi) is 7.92. The quantitative estimate of drug-likeness (QED) is 0.520. The molecule has 1 aliphatic carbocycles. The van der Waals surface area contributed by atoms with Gasteiger partial charge in [0, 0.05) is 13.2 Å². The summed E-state index contributed by atoms with van der Waals surface area (Å²) in [5.74, 6) is 0.799. The first kappa shape index (κ1) is 16.0. The lowest BCUT2D eigenvalue weighted by molar-refractivity contribution is -0.0565. The molecule has 2 nitrogen and oxygen atoms in total. The van der Waals surface area contributed by atoms with E-state index in [2.05, 4.69) is 26.1 Å². The third-order valence-corrected chi connectivity index (χ3v) is 4.05. The van der Waals surface area contributed by atoms with Crippen molar-refractivity contribution < 1.29 is 4.74 Å². The summed E-state index contributed by atoms with van der Waals surface area (Å²) >= 11 is 0. The van der Waals surface area contributed by atoms with Gasteiger partial charge in [-0.05, 0) is 38.1 Å². The van der Waals surface area contributed by atoms with Crippen molar-refractivity contribution in [3.8, 4) is 0 Å². The molecule has 18 heavy (non-hydrogen) atoms. The van der Waals surface area contributed by atoms with Crippen molar-refractivity contribution in [2.24, 2.45) is 5.92 Å². The fourth-order valence-electron chi connectivity index (χ4n) is 2.88. The normalized spacial score (nSPS) is 20.0. The minimum atomic E-state index is 0.142. The van der Waals surface area contributed by atoms with Crippen LogP contribution in [0.5, 0.6) is 0 Å². The third kappa shape index (κ3) is 6.19. The molecule has 0 spiro atoms. The summed E-state index contributed by atoms with van der Waals surface area (Å²) in [7, 11) is 0. The Morgan fingerprint density at radius 3 is 2.33 bits per heavy atom. The summed E-state index contributed by atoms with van der Waals surface area (Å²) in [6.07, 6.45) is 10.5. The summed E-state index contributed by atoms with van der Waals surface area (Å²) in [5, 5.41) is 3.51. The number of nitrogens with one attached hydrogen (secondary N) is 1. The van der Waals surface area contributed by atoms with Crippen molar-refractivity contribution in [3.63, 3.8) is 0 Å². The van der Waals surface area contributed by atoms with Crippen molar-refractivity contribution in [1.82, 2.24) is 5.32 Å². The van der Waals surface area contributed by atoms with Crippen molar-refractivity contribution in [1.29, 1.82) is 0 Å². The maximum absolute atomic E-state index is 6.34. The van der Waals surface area contributed by atoms with Crippen LogP contribution in [-0.2, 0) is 4.74 Å². The van der Waals surface area contributed by atoms with Gasteiger partial charge in [0.2, 0.25) is 0 Å². The maximum Gasteiger partial charge on any atom is 0.0806 e. The van der Waals surface area contributed by atoms with Crippen molar-refractivity contribution in [3.05, 3.63) is 0 Å². The molecule has 0 aliphatic heterocycles. The first-order valence-corrected chi connectivity index (χ1v) is 8.03. The van der Waals surface area contributed by atoms with Crippen molar-refractivity contribution >= 4 is 0 Å². The van der Waals surface area contributed by atoms with Gasteiger partial charge >= 0.3 is 0 Å². The Morgan fingerprint density at radius 2 is 1.78 bits per heavy atom. The number of likely N-dealkylation sites (N-methyl/N-ethyl adjacent to an activating group) is 1. The Labute approximate surface area is 114 Å². The molecule has 0 aromatic carbocycles. The van der Waals surface area contributed by atoms with Gasteiger partial charge in [-0.3, -0.25) is 0 Å². The molecule has 0 aromatic rings. The van der Waals surface area contributed by atoms with Crippen LogP contribution in [0.4, 0.5) is 0 Å². The smallest absolute Gasteiger partial charge is 0.0806 e. The van der Waals surface area contributed by atoms with E-state index in [0.29, 0.717) is 0 Å². The van der Waals surface area contributed by atoms with Crippen LogP contribution in [0.25, 0.3) is 0 Å². The van der Waals surface area contributed by atoms with E-state index in [1.807, 2.05) is 0 Å². The van der Waals surface area contributed by atoms with Gasteiger partial charge in [-0.2, -0.15) is 0 Å². The van der Waals surface area contributed by atoms with E-state index < -0.39 is 0 Å². The number of rotatable bonds is 8. The molecule has 0 saturated heterocycles. The predicted molar refractivity (Wildman–Crippen MR) is 79.0 cm³/mol. The van der Waals surface area contributed by atoms with E-state index in [1.165, 1.54) is 51.4 Å². The van der Waals surface area contributed by atoms with Gasteiger partial charge in [-0.1, -0.05) is 46.5 Å². The lowest BCUT2D eigenvalue weighted by Crippen LogP contribution is -2.43.